The van der Waals surface area contributed by atoms with Crippen LogP contribution in [0.2, 0.25) is 0 Å². The first-order valence-corrected chi connectivity index (χ1v) is 10.2. The van der Waals surface area contributed by atoms with Gasteiger partial charge in [-0.1, -0.05) is 58.2 Å². The van der Waals surface area contributed by atoms with Crippen molar-refractivity contribution in [3.8, 4) is 0 Å². The van der Waals surface area contributed by atoms with E-state index in [0.717, 1.165) is 37.1 Å². The van der Waals surface area contributed by atoms with Gasteiger partial charge in [0, 0.05) is 24.2 Å². The lowest BCUT2D eigenvalue weighted by Gasteiger charge is -2.17. The van der Waals surface area contributed by atoms with Crippen molar-refractivity contribution in [3.63, 3.8) is 0 Å². The van der Waals surface area contributed by atoms with Crippen LogP contribution in [-0.4, -0.2) is 18.1 Å². The molecule has 0 amide bonds. The summed E-state index contributed by atoms with van der Waals surface area (Å²) in [7, 11) is 0. The summed E-state index contributed by atoms with van der Waals surface area (Å²) in [4.78, 5) is 25.3. The van der Waals surface area contributed by atoms with Gasteiger partial charge in [0.15, 0.2) is 11.6 Å². The first-order chi connectivity index (χ1) is 13.0. The molecule has 1 unspecified atom stereocenters. The van der Waals surface area contributed by atoms with Crippen LogP contribution in [0.3, 0.4) is 0 Å². The Kier molecular flexibility index (Phi) is 10.4. The van der Waals surface area contributed by atoms with Gasteiger partial charge in [0.1, 0.15) is 0 Å². The van der Waals surface area contributed by atoms with Gasteiger partial charge in [0.2, 0.25) is 0 Å². The fourth-order valence-electron chi connectivity index (χ4n) is 3.38. The minimum atomic E-state index is -0.0713. The molecular formula is C24H35NO2. The third kappa shape index (κ3) is 7.19. The van der Waals surface area contributed by atoms with Crippen LogP contribution in [0.25, 0.3) is 0 Å². The molecule has 0 saturated heterocycles. The molecule has 27 heavy (non-hydrogen) atoms. The smallest absolute Gasteiger partial charge is 0.164 e. The molecule has 0 fully saturated rings. The maximum atomic E-state index is 13.0. The van der Waals surface area contributed by atoms with Gasteiger partial charge in [0.25, 0.3) is 0 Å². The van der Waals surface area contributed by atoms with Crippen LogP contribution in [0.4, 0.5) is 5.69 Å². The van der Waals surface area contributed by atoms with Crippen molar-refractivity contribution < 1.29 is 9.59 Å². The van der Waals surface area contributed by atoms with Gasteiger partial charge in [-0.2, -0.15) is 0 Å². The Morgan fingerprint density at radius 3 is 2.44 bits per heavy atom. The quantitative estimate of drug-likeness (QED) is 0.242. The van der Waals surface area contributed by atoms with Gasteiger partial charge >= 0.3 is 0 Å². The molecule has 1 N–H and O–H groups in total. The number of carbonyl (C=O) groups is 2. The third-order valence-corrected chi connectivity index (χ3v) is 5.02. The average molecular weight is 370 g/mol. The predicted octanol–water partition coefficient (Wildman–Crippen LogP) is 6.60. The maximum Gasteiger partial charge on any atom is 0.164 e. The van der Waals surface area contributed by atoms with Crippen molar-refractivity contribution in [2.45, 2.75) is 72.6 Å². The molecule has 3 nitrogen and oxygen atoms in total. The Morgan fingerprint density at radius 2 is 1.85 bits per heavy atom. The Balaban J connectivity index is 3.01. The lowest BCUT2D eigenvalue weighted by atomic mass is 9.87. The minimum Gasteiger partial charge on any atom is -0.384 e. The maximum absolute atomic E-state index is 13.0. The van der Waals surface area contributed by atoms with Gasteiger partial charge in [-0.3, -0.25) is 9.59 Å². The van der Waals surface area contributed by atoms with Crippen LogP contribution in [0.15, 0.2) is 36.1 Å². The van der Waals surface area contributed by atoms with Crippen LogP contribution in [0, 0.1) is 5.92 Å². The van der Waals surface area contributed by atoms with E-state index in [1.807, 2.05) is 19.1 Å². The molecule has 1 atom stereocenters. The lowest BCUT2D eigenvalue weighted by molar-refractivity contribution is 0.0949. The molecule has 1 aromatic carbocycles. The summed E-state index contributed by atoms with van der Waals surface area (Å²) in [6, 6.07) is 5.53. The lowest BCUT2D eigenvalue weighted by Crippen LogP contribution is -2.15. The molecule has 3 heteroatoms. The molecule has 0 saturated carbocycles. The first kappa shape index (κ1) is 22.9. The zero-order valence-corrected chi connectivity index (χ0v) is 17.5. The molecule has 0 aromatic heterocycles. The van der Waals surface area contributed by atoms with Crippen LogP contribution in [-0.2, 0) is 0 Å². The number of rotatable bonds is 13. The van der Waals surface area contributed by atoms with Crippen LogP contribution in [0.1, 0.15) is 93.4 Å². The summed E-state index contributed by atoms with van der Waals surface area (Å²) < 4.78 is 0. The number of anilines is 1. The zero-order valence-electron chi connectivity index (χ0n) is 17.5. The van der Waals surface area contributed by atoms with E-state index in [9.17, 15) is 9.59 Å². The van der Waals surface area contributed by atoms with E-state index in [1.165, 1.54) is 26.2 Å². The van der Waals surface area contributed by atoms with Gasteiger partial charge in [-0.25, -0.2) is 0 Å². The number of allylic oxidation sites excluding steroid dienone is 1. The highest BCUT2D eigenvalue weighted by Gasteiger charge is 2.22. The summed E-state index contributed by atoms with van der Waals surface area (Å²) in [5.41, 5.74) is 5.77. The number of benzene rings is 1. The van der Waals surface area contributed by atoms with E-state index in [1.54, 1.807) is 6.07 Å². The van der Waals surface area contributed by atoms with E-state index in [-0.39, 0.29) is 17.5 Å². The normalized spacial score (nSPS) is 11.6. The fraction of sp³-hybridized carbons (Fsp3) is 0.542. The highest BCUT2D eigenvalue weighted by Crippen LogP contribution is 2.27. The summed E-state index contributed by atoms with van der Waals surface area (Å²) >= 11 is 0. The van der Waals surface area contributed by atoms with Crippen molar-refractivity contribution in [2.75, 3.05) is 11.9 Å². The Labute approximate surface area is 164 Å². The molecule has 0 bridgehead atoms. The first-order valence-electron chi connectivity index (χ1n) is 10.2. The summed E-state index contributed by atoms with van der Waals surface area (Å²) in [5, 5.41) is 3.36. The van der Waals surface area contributed by atoms with E-state index in [4.69, 9.17) is 0 Å². The SMILES string of the molecule is C=C=C(C)C(CCC)CC(=O)c1cccc(NCCCCCC)c1C(C)=O. The topological polar surface area (TPSA) is 46.2 Å². The number of ketones is 2. The second-order valence-corrected chi connectivity index (χ2v) is 7.24. The molecule has 0 aliphatic heterocycles. The summed E-state index contributed by atoms with van der Waals surface area (Å²) in [6.07, 6.45) is 6.95. The van der Waals surface area contributed by atoms with E-state index < -0.39 is 0 Å². The molecule has 1 rings (SSSR count). The number of unbranched alkanes of at least 4 members (excludes halogenated alkanes) is 3. The Hall–Kier alpha value is -2.12. The van der Waals surface area contributed by atoms with Crippen LogP contribution < -0.4 is 5.32 Å². The molecule has 0 aliphatic carbocycles. The molecule has 0 heterocycles. The second kappa shape index (κ2) is 12.3. The monoisotopic (exact) mass is 369 g/mol. The zero-order chi connectivity index (χ0) is 20.2. The van der Waals surface area contributed by atoms with Crippen molar-refractivity contribution in [1.82, 2.24) is 0 Å². The number of carbonyl (C=O) groups excluding carboxylic acids is 2. The molecule has 0 radical (unpaired) electrons. The van der Waals surface area contributed by atoms with E-state index >= 15 is 0 Å². The summed E-state index contributed by atoms with van der Waals surface area (Å²) in [6.45, 7) is 12.3. The van der Waals surface area contributed by atoms with Crippen molar-refractivity contribution in [2.24, 2.45) is 5.92 Å². The largest absolute Gasteiger partial charge is 0.384 e. The molecule has 0 aliphatic rings. The molecular weight excluding hydrogens is 334 g/mol. The number of hydrogen-bond acceptors (Lipinski definition) is 3. The van der Waals surface area contributed by atoms with Gasteiger partial charge in [-0.05, 0) is 44.2 Å². The van der Waals surface area contributed by atoms with Gasteiger partial charge in [0.05, 0.1) is 5.56 Å². The van der Waals surface area contributed by atoms with Crippen molar-refractivity contribution >= 4 is 17.3 Å². The highest BCUT2D eigenvalue weighted by atomic mass is 16.1. The molecule has 1 aromatic rings. The van der Waals surface area contributed by atoms with E-state index in [0.29, 0.717) is 17.5 Å². The highest BCUT2D eigenvalue weighted by molar-refractivity contribution is 6.11. The van der Waals surface area contributed by atoms with Gasteiger partial charge in [-0.15, -0.1) is 5.73 Å². The van der Waals surface area contributed by atoms with Crippen LogP contribution >= 0.6 is 0 Å². The second-order valence-electron chi connectivity index (χ2n) is 7.24. The fourth-order valence-corrected chi connectivity index (χ4v) is 3.38. The standard InChI is InChI=1S/C24H35NO2/c1-6-9-10-11-16-25-22-15-12-14-21(24(22)19(5)26)23(27)17-20(13-7-2)18(4)8-3/h12,14-15,20,25H,3,6-7,9-11,13,16-17H2,1-2,4-5H3. The van der Waals surface area contributed by atoms with Gasteiger partial charge < -0.3 is 5.32 Å². The molecule has 0 spiro atoms. The average Bonchev–Trinajstić information content (AvgIpc) is 2.66. The third-order valence-electron chi connectivity index (χ3n) is 5.02. The van der Waals surface area contributed by atoms with E-state index in [2.05, 4.69) is 31.5 Å². The Morgan fingerprint density at radius 1 is 1.11 bits per heavy atom. The minimum absolute atomic E-state index is 0.0166. The Bertz CT molecular complexity index is 684. The van der Waals surface area contributed by atoms with Crippen molar-refractivity contribution in [3.05, 3.63) is 47.2 Å². The number of Topliss-reactive ketones (excluding diaryl/α,β-unsaturated/α-hetero) is 2. The summed E-state index contributed by atoms with van der Waals surface area (Å²) in [5.74, 6) is 0.0754. The number of hydrogen-bond donors (Lipinski definition) is 1. The number of nitrogens with one attached hydrogen (secondary N) is 1. The molecule has 148 valence electrons. The predicted molar refractivity (Wildman–Crippen MR) is 115 cm³/mol. The van der Waals surface area contributed by atoms with Crippen LogP contribution in [0.5, 0.6) is 0 Å². The van der Waals surface area contributed by atoms with Crippen molar-refractivity contribution in [1.29, 1.82) is 0 Å².